The van der Waals surface area contributed by atoms with Crippen molar-refractivity contribution in [1.82, 2.24) is 4.98 Å². The molecular weight excluding hydrogens is 280 g/mol. The third-order valence-corrected chi connectivity index (χ3v) is 4.17. The van der Waals surface area contributed by atoms with Gasteiger partial charge in [0.25, 0.3) is 0 Å². The standard InChI is InChI=1S/C16H14N4O2/c17-10-1-3-11(4-2-10)20-8-6-16(22)14(21)12-5-7-18-9-13(12)19-15(16)20/h1-5,7,9,22H,6,8,17H2. The van der Waals surface area contributed by atoms with E-state index < -0.39 is 5.60 Å². The van der Waals surface area contributed by atoms with E-state index in [1.165, 1.54) is 6.20 Å². The normalized spacial score (nSPS) is 23.0. The number of benzene rings is 1. The van der Waals surface area contributed by atoms with Crippen LogP contribution in [0.5, 0.6) is 0 Å². The second kappa shape index (κ2) is 4.38. The number of carbonyl (C=O) groups excluding carboxylic acids is 1. The second-order valence-electron chi connectivity index (χ2n) is 5.51. The van der Waals surface area contributed by atoms with Crippen molar-refractivity contribution in [2.45, 2.75) is 12.0 Å². The average Bonchev–Trinajstić information content (AvgIpc) is 2.87. The van der Waals surface area contributed by atoms with Gasteiger partial charge in [-0.1, -0.05) is 0 Å². The number of aromatic nitrogens is 1. The van der Waals surface area contributed by atoms with Crippen molar-refractivity contribution in [2.24, 2.45) is 4.99 Å². The van der Waals surface area contributed by atoms with Crippen LogP contribution in [0.2, 0.25) is 0 Å². The highest BCUT2D eigenvalue weighted by Gasteiger charge is 2.52. The van der Waals surface area contributed by atoms with Gasteiger partial charge in [0.05, 0.1) is 17.4 Å². The molecule has 2 aliphatic rings. The van der Waals surface area contributed by atoms with Crippen LogP contribution >= 0.6 is 0 Å². The van der Waals surface area contributed by atoms with Crippen LogP contribution in [0.4, 0.5) is 17.1 Å². The first kappa shape index (κ1) is 13.0. The smallest absolute Gasteiger partial charge is 0.204 e. The van der Waals surface area contributed by atoms with Crippen LogP contribution in [-0.4, -0.2) is 33.9 Å². The average molecular weight is 294 g/mol. The number of pyridine rings is 1. The number of carbonyl (C=O) groups is 1. The number of fused-ring (bicyclic) bond motifs is 2. The van der Waals surface area contributed by atoms with E-state index in [4.69, 9.17) is 5.73 Å². The molecule has 1 fully saturated rings. The molecule has 1 aromatic heterocycles. The molecule has 6 heteroatoms. The van der Waals surface area contributed by atoms with Gasteiger partial charge in [-0.05, 0) is 30.3 Å². The van der Waals surface area contributed by atoms with Gasteiger partial charge < -0.3 is 15.7 Å². The number of nitrogens with zero attached hydrogens (tertiary/aromatic N) is 3. The molecule has 3 N–H and O–H groups in total. The number of hydrogen-bond acceptors (Lipinski definition) is 6. The highest BCUT2D eigenvalue weighted by atomic mass is 16.3. The molecule has 1 atom stereocenters. The first-order valence-corrected chi connectivity index (χ1v) is 7.03. The fourth-order valence-corrected chi connectivity index (χ4v) is 2.99. The van der Waals surface area contributed by atoms with Crippen molar-refractivity contribution >= 4 is 28.7 Å². The summed E-state index contributed by atoms with van der Waals surface area (Å²) >= 11 is 0. The number of aliphatic hydroxyl groups is 1. The fraction of sp³-hybridized carbons (Fsp3) is 0.188. The molecule has 110 valence electrons. The Kier molecular flexibility index (Phi) is 2.58. The quantitative estimate of drug-likeness (QED) is 0.778. The summed E-state index contributed by atoms with van der Waals surface area (Å²) in [6, 6.07) is 8.88. The summed E-state index contributed by atoms with van der Waals surface area (Å²) in [6.45, 7) is 0.520. The van der Waals surface area contributed by atoms with Gasteiger partial charge in [0.2, 0.25) is 5.78 Å². The van der Waals surface area contributed by atoms with Crippen molar-refractivity contribution in [3.63, 3.8) is 0 Å². The Balaban J connectivity index is 1.85. The largest absolute Gasteiger partial charge is 0.399 e. The minimum atomic E-state index is -1.56. The lowest BCUT2D eigenvalue weighted by Crippen LogP contribution is -2.48. The van der Waals surface area contributed by atoms with Crippen molar-refractivity contribution in [3.8, 4) is 0 Å². The van der Waals surface area contributed by atoms with Crippen molar-refractivity contribution in [3.05, 3.63) is 48.3 Å². The van der Waals surface area contributed by atoms with Crippen LogP contribution in [0.15, 0.2) is 47.7 Å². The van der Waals surface area contributed by atoms with Crippen LogP contribution in [0.1, 0.15) is 16.8 Å². The Labute approximate surface area is 126 Å². The molecule has 6 nitrogen and oxygen atoms in total. The number of amidine groups is 1. The first-order chi connectivity index (χ1) is 10.6. The predicted octanol–water partition coefficient (Wildman–Crippen LogP) is 1.53. The monoisotopic (exact) mass is 294 g/mol. The summed E-state index contributed by atoms with van der Waals surface area (Å²) in [5.41, 5.74) is 6.57. The lowest BCUT2D eigenvalue weighted by atomic mass is 9.88. The number of aliphatic imine (C=N–C) groups is 1. The summed E-state index contributed by atoms with van der Waals surface area (Å²) in [7, 11) is 0. The summed E-state index contributed by atoms with van der Waals surface area (Å²) in [6.07, 6.45) is 3.39. The maximum atomic E-state index is 12.6. The minimum Gasteiger partial charge on any atom is -0.399 e. The van der Waals surface area contributed by atoms with Crippen LogP contribution in [0.3, 0.4) is 0 Å². The molecule has 0 aliphatic carbocycles. The van der Waals surface area contributed by atoms with Gasteiger partial charge in [-0.3, -0.25) is 9.78 Å². The Bertz CT molecular complexity index is 800. The Morgan fingerprint density at radius 2 is 2.00 bits per heavy atom. The lowest BCUT2D eigenvalue weighted by molar-refractivity contribution is 0.0602. The van der Waals surface area contributed by atoms with Gasteiger partial charge in [-0.15, -0.1) is 0 Å². The zero-order valence-electron chi connectivity index (χ0n) is 11.7. The molecule has 3 heterocycles. The fourth-order valence-electron chi connectivity index (χ4n) is 2.99. The third-order valence-electron chi connectivity index (χ3n) is 4.17. The van der Waals surface area contributed by atoms with Crippen LogP contribution in [0.25, 0.3) is 0 Å². The molecule has 0 saturated carbocycles. The number of nitrogen functional groups attached to an aromatic ring is 1. The molecule has 0 bridgehead atoms. The highest BCUT2D eigenvalue weighted by molar-refractivity contribution is 6.28. The molecule has 0 spiro atoms. The molecule has 0 amide bonds. The summed E-state index contributed by atoms with van der Waals surface area (Å²) in [5.74, 6) is 0.0515. The van der Waals surface area contributed by atoms with Crippen LogP contribution < -0.4 is 10.6 Å². The van der Waals surface area contributed by atoms with Gasteiger partial charge in [-0.25, -0.2) is 4.99 Å². The topological polar surface area (TPSA) is 91.8 Å². The minimum absolute atomic E-state index is 0.312. The Hall–Kier alpha value is -2.73. The van der Waals surface area contributed by atoms with Gasteiger partial charge in [-0.2, -0.15) is 0 Å². The van der Waals surface area contributed by atoms with E-state index in [9.17, 15) is 9.90 Å². The molecule has 1 unspecified atom stereocenters. The number of Topliss-reactive ketones (excluding diaryl/α,β-unsaturated/α-hetero) is 1. The molecule has 22 heavy (non-hydrogen) atoms. The summed E-state index contributed by atoms with van der Waals surface area (Å²) < 4.78 is 0. The Morgan fingerprint density at radius 3 is 2.77 bits per heavy atom. The van der Waals surface area contributed by atoms with Gasteiger partial charge in [0.1, 0.15) is 5.84 Å². The molecular formula is C16H14N4O2. The number of rotatable bonds is 1. The number of ketones is 1. The van der Waals surface area contributed by atoms with Crippen molar-refractivity contribution in [1.29, 1.82) is 0 Å². The summed E-state index contributed by atoms with van der Waals surface area (Å²) in [5, 5.41) is 10.8. The maximum Gasteiger partial charge on any atom is 0.204 e. The van der Waals surface area contributed by atoms with E-state index in [1.54, 1.807) is 24.4 Å². The van der Waals surface area contributed by atoms with Crippen LogP contribution in [-0.2, 0) is 0 Å². The molecule has 2 aromatic rings. The van der Waals surface area contributed by atoms with Crippen molar-refractivity contribution < 1.29 is 9.90 Å². The predicted molar refractivity (Wildman–Crippen MR) is 83.4 cm³/mol. The first-order valence-electron chi connectivity index (χ1n) is 7.03. The second-order valence-corrected chi connectivity index (χ2v) is 5.51. The Morgan fingerprint density at radius 1 is 1.23 bits per heavy atom. The molecule has 4 rings (SSSR count). The van der Waals surface area contributed by atoms with Gasteiger partial charge in [0, 0.05) is 30.5 Å². The number of anilines is 2. The van der Waals surface area contributed by atoms with Crippen molar-refractivity contribution in [2.75, 3.05) is 17.2 Å². The number of nitrogens with two attached hydrogens (primary N) is 1. The van der Waals surface area contributed by atoms with E-state index in [2.05, 4.69) is 9.98 Å². The molecule has 0 radical (unpaired) electrons. The lowest BCUT2D eigenvalue weighted by Gasteiger charge is -2.29. The molecule has 1 aromatic carbocycles. The number of hydrogen-bond donors (Lipinski definition) is 2. The van der Waals surface area contributed by atoms with Gasteiger partial charge >= 0.3 is 0 Å². The third kappa shape index (κ3) is 1.67. The van der Waals surface area contributed by atoms with E-state index in [-0.39, 0.29) is 5.78 Å². The van der Waals surface area contributed by atoms with Gasteiger partial charge in [0.15, 0.2) is 5.60 Å². The van der Waals surface area contributed by atoms with E-state index in [1.807, 2.05) is 17.0 Å². The zero-order chi connectivity index (χ0) is 15.3. The maximum absolute atomic E-state index is 12.6. The summed E-state index contributed by atoms with van der Waals surface area (Å²) in [4.78, 5) is 23.0. The van der Waals surface area contributed by atoms with Crippen LogP contribution in [0, 0.1) is 0 Å². The molecule has 2 aliphatic heterocycles. The highest BCUT2D eigenvalue weighted by Crippen LogP contribution is 2.38. The molecule has 1 saturated heterocycles. The zero-order valence-corrected chi connectivity index (χ0v) is 11.7. The van der Waals surface area contributed by atoms with E-state index >= 15 is 0 Å². The van der Waals surface area contributed by atoms with E-state index in [0.29, 0.717) is 35.7 Å². The SMILES string of the molecule is Nc1ccc(N2CCC3(O)C(=O)c4ccncc4N=C23)cc1. The van der Waals surface area contributed by atoms with E-state index in [0.717, 1.165) is 5.69 Å².